The van der Waals surface area contributed by atoms with Gasteiger partial charge in [-0.15, -0.1) is 0 Å². The molecule has 3 rings (SSSR count). The molecule has 2 saturated heterocycles. The molecule has 0 radical (unpaired) electrons. The molecule has 2 heterocycles. The number of likely N-dealkylation sites (tertiary alicyclic amines) is 1. The predicted octanol–water partition coefficient (Wildman–Crippen LogP) is 2.20. The number of hydrogen-bond acceptors (Lipinski definition) is 3. The first kappa shape index (κ1) is 15.3. The van der Waals surface area contributed by atoms with Crippen LogP contribution in [-0.4, -0.2) is 43.1 Å². The number of carbonyl (C=O) groups excluding carboxylic acids is 1. The number of benzene rings is 1. The third-order valence-corrected chi connectivity index (χ3v) is 4.92. The predicted molar refractivity (Wildman–Crippen MR) is 82.2 cm³/mol. The minimum Gasteiger partial charge on any atom is -0.481 e. The first-order valence-electron chi connectivity index (χ1n) is 8.00. The van der Waals surface area contributed by atoms with Gasteiger partial charge in [-0.05, 0) is 50.3 Å². The molecular weight excluding hydrogens is 283 g/mol. The second kappa shape index (κ2) is 6.24. The molecule has 1 unspecified atom stereocenters. The van der Waals surface area contributed by atoms with Crippen LogP contribution in [0, 0.1) is 11.2 Å². The Labute approximate surface area is 130 Å². The van der Waals surface area contributed by atoms with Crippen molar-refractivity contribution in [2.45, 2.75) is 32.3 Å². The van der Waals surface area contributed by atoms with Gasteiger partial charge in [0.2, 0.25) is 0 Å². The molecule has 1 aromatic carbocycles. The Morgan fingerprint density at radius 2 is 2.14 bits per heavy atom. The summed E-state index contributed by atoms with van der Waals surface area (Å²) in [6, 6.07) is 5.92. The number of amides is 1. The van der Waals surface area contributed by atoms with E-state index in [9.17, 15) is 9.18 Å². The van der Waals surface area contributed by atoms with Crippen LogP contribution < -0.4 is 10.1 Å². The third-order valence-electron chi connectivity index (χ3n) is 4.92. The number of carbonyl (C=O) groups is 1. The molecule has 5 heteroatoms. The molecule has 0 aromatic heterocycles. The van der Waals surface area contributed by atoms with Gasteiger partial charge in [-0.1, -0.05) is 6.07 Å². The van der Waals surface area contributed by atoms with Crippen LogP contribution in [0.5, 0.6) is 5.75 Å². The largest absolute Gasteiger partial charge is 0.481 e. The summed E-state index contributed by atoms with van der Waals surface area (Å²) >= 11 is 0. The lowest BCUT2D eigenvalue weighted by Crippen LogP contribution is -2.48. The van der Waals surface area contributed by atoms with E-state index in [0.717, 1.165) is 39.0 Å². The van der Waals surface area contributed by atoms with E-state index in [1.807, 2.05) is 4.90 Å². The van der Waals surface area contributed by atoms with E-state index in [-0.39, 0.29) is 11.7 Å². The second-order valence-corrected chi connectivity index (χ2v) is 6.47. The van der Waals surface area contributed by atoms with Gasteiger partial charge in [0.05, 0.1) is 0 Å². The van der Waals surface area contributed by atoms with Gasteiger partial charge in [-0.25, -0.2) is 4.39 Å². The summed E-state index contributed by atoms with van der Waals surface area (Å²) in [5, 5.41) is 3.42. The van der Waals surface area contributed by atoms with Crippen LogP contribution in [-0.2, 0) is 4.79 Å². The maximum absolute atomic E-state index is 13.2. The van der Waals surface area contributed by atoms with Gasteiger partial charge in [-0.3, -0.25) is 4.79 Å². The Kier molecular flexibility index (Phi) is 4.34. The van der Waals surface area contributed by atoms with Crippen LogP contribution in [0.15, 0.2) is 24.3 Å². The van der Waals surface area contributed by atoms with Crippen molar-refractivity contribution < 1.29 is 13.9 Å². The highest BCUT2D eigenvalue weighted by atomic mass is 19.1. The van der Waals surface area contributed by atoms with Gasteiger partial charge < -0.3 is 15.0 Å². The Balaban J connectivity index is 1.55. The van der Waals surface area contributed by atoms with E-state index in [0.29, 0.717) is 11.2 Å². The minimum absolute atomic E-state index is 0.00920. The summed E-state index contributed by atoms with van der Waals surface area (Å²) in [6.45, 7) is 5.47. The number of hydrogen-bond donors (Lipinski definition) is 1. The molecule has 2 aliphatic heterocycles. The Hall–Kier alpha value is -1.62. The van der Waals surface area contributed by atoms with Gasteiger partial charge in [0.15, 0.2) is 6.10 Å². The number of ether oxygens (including phenoxy) is 1. The Morgan fingerprint density at radius 3 is 2.77 bits per heavy atom. The highest BCUT2D eigenvalue weighted by Crippen LogP contribution is 2.37. The van der Waals surface area contributed by atoms with Crippen LogP contribution in [0.1, 0.15) is 26.2 Å². The van der Waals surface area contributed by atoms with Crippen LogP contribution in [0.25, 0.3) is 0 Å². The molecule has 0 aliphatic carbocycles. The van der Waals surface area contributed by atoms with Gasteiger partial charge in [0.1, 0.15) is 11.6 Å². The van der Waals surface area contributed by atoms with Crippen LogP contribution in [0.3, 0.4) is 0 Å². The van der Waals surface area contributed by atoms with Crippen molar-refractivity contribution in [1.29, 1.82) is 0 Å². The summed E-state index contributed by atoms with van der Waals surface area (Å²) in [5.74, 6) is 0.0326. The van der Waals surface area contributed by atoms with E-state index in [1.165, 1.54) is 18.6 Å². The fourth-order valence-corrected chi connectivity index (χ4v) is 3.48. The molecule has 1 amide bonds. The molecule has 4 nitrogen and oxygen atoms in total. The topological polar surface area (TPSA) is 41.6 Å². The van der Waals surface area contributed by atoms with Crippen molar-refractivity contribution in [2.75, 3.05) is 26.2 Å². The number of nitrogens with one attached hydrogen (secondary N) is 1. The highest BCUT2D eigenvalue weighted by molar-refractivity contribution is 5.81. The lowest BCUT2D eigenvalue weighted by atomic mass is 9.78. The summed E-state index contributed by atoms with van der Waals surface area (Å²) in [7, 11) is 0. The number of piperidine rings is 1. The minimum atomic E-state index is -0.586. The van der Waals surface area contributed by atoms with Crippen LogP contribution in [0.2, 0.25) is 0 Å². The molecule has 1 N–H and O–H groups in total. The maximum atomic E-state index is 13.2. The molecular formula is C17H23FN2O2. The van der Waals surface area contributed by atoms with Gasteiger partial charge in [0, 0.05) is 25.7 Å². The fourth-order valence-electron chi connectivity index (χ4n) is 3.48. The van der Waals surface area contributed by atoms with E-state index in [4.69, 9.17) is 4.74 Å². The average Bonchev–Trinajstić information content (AvgIpc) is 2.95. The van der Waals surface area contributed by atoms with E-state index >= 15 is 0 Å². The standard InChI is InChI=1S/C17H23FN2O2/c1-13(22-15-4-2-3-14(18)11-15)16(21)20-9-6-17(7-10-20)5-8-19-12-17/h2-4,11,13,19H,5-10,12H2,1H3. The zero-order chi connectivity index (χ0) is 15.6. The lowest BCUT2D eigenvalue weighted by molar-refractivity contribution is -0.140. The molecule has 120 valence electrons. The van der Waals surface area contributed by atoms with Crippen molar-refractivity contribution >= 4 is 5.91 Å². The van der Waals surface area contributed by atoms with E-state index < -0.39 is 6.10 Å². The molecule has 0 saturated carbocycles. The second-order valence-electron chi connectivity index (χ2n) is 6.47. The van der Waals surface area contributed by atoms with Gasteiger partial charge >= 0.3 is 0 Å². The van der Waals surface area contributed by atoms with Crippen molar-refractivity contribution in [3.05, 3.63) is 30.1 Å². The Morgan fingerprint density at radius 1 is 1.36 bits per heavy atom. The summed E-state index contributed by atoms with van der Waals surface area (Å²) in [6.07, 6.45) is 2.74. The summed E-state index contributed by atoms with van der Waals surface area (Å²) in [4.78, 5) is 14.4. The van der Waals surface area contributed by atoms with Crippen molar-refractivity contribution in [2.24, 2.45) is 5.41 Å². The fraction of sp³-hybridized carbons (Fsp3) is 0.588. The van der Waals surface area contributed by atoms with Crippen molar-refractivity contribution in [3.63, 3.8) is 0 Å². The lowest BCUT2D eigenvalue weighted by Gasteiger charge is -2.39. The molecule has 1 spiro atoms. The van der Waals surface area contributed by atoms with Crippen molar-refractivity contribution in [1.82, 2.24) is 10.2 Å². The SMILES string of the molecule is CC(Oc1cccc(F)c1)C(=O)N1CCC2(CCNC2)CC1. The summed E-state index contributed by atoms with van der Waals surface area (Å²) < 4.78 is 18.7. The smallest absolute Gasteiger partial charge is 0.263 e. The number of rotatable bonds is 3. The quantitative estimate of drug-likeness (QED) is 0.931. The van der Waals surface area contributed by atoms with Crippen LogP contribution in [0.4, 0.5) is 4.39 Å². The molecule has 0 bridgehead atoms. The van der Waals surface area contributed by atoms with Crippen molar-refractivity contribution in [3.8, 4) is 5.75 Å². The molecule has 22 heavy (non-hydrogen) atoms. The van der Waals surface area contributed by atoms with Gasteiger partial charge in [-0.2, -0.15) is 0 Å². The highest BCUT2D eigenvalue weighted by Gasteiger charge is 2.38. The van der Waals surface area contributed by atoms with E-state index in [1.54, 1.807) is 19.1 Å². The van der Waals surface area contributed by atoms with E-state index in [2.05, 4.69) is 5.32 Å². The number of halogens is 1. The monoisotopic (exact) mass is 306 g/mol. The third kappa shape index (κ3) is 3.24. The zero-order valence-corrected chi connectivity index (χ0v) is 13.0. The summed E-state index contributed by atoms with van der Waals surface area (Å²) in [5.41, 5.74) is 0.392. The molecule has 2 fully saturated rings. The van der Waals surface area contributed by atoms with Gasteiger partial charge in [0.25, 0.3) is 5.91 Å². The molecule has 1 atom stereocenters. The normalized spacial score (nSPS) is 21.8. The molecule has 2 aliphatic rings. The first-order chi connectivity index (χ1) is 10.6. The maximum Gasteiger partial charge on any atom is 0.263 e. The number of nitrogens with zero attached hydrogens (tertiary/aromatic N) is 1. The van der Waals surface area contributed by atoms with Crippen LogP contribution >= 0.6 is 0 Å². The first-order valence-corrected chi connectivity index (χ1v) is 8.00. The Bertz CT molecular complexity index is 533. The average molecular weight is 306 g/mol. The molecule has 1 aromatic rings. The zero-order valence-electron chi connectivity index (χ0n) is 13.0.